The van der Waals surface area contributed by atoms with Crippen molar-refractivity contribution in [2.24, 2.45) is 0 Å². The lowest BCUT2D eigenvalue weighted by Crippen LogP contribution is -2.41. The smallest absolute Gasteiger partial charge is 0.464 e. The molecule has 1 fully saturated rings. The monoisotopic (exact) mass is 288 g/mol. The van der Waals surface area contributed by atoms with E-state index in [9.17, 15) is 4.79 Å². The highest BCUT2D eigenvalue weighted by Crippen LogP contribution is 2.36. The van der Waals surface area contributed by atoms with Gasteiger partial charge in [-0.05, 0) is 39.8 Å². The third-order valence-corrected chi connectivity index (χ3v) is 3.86. The zero-order valence-electron chi connectivity index (χ0n) is 12.8. The van der Waals surface area contributed by atoms with Crippen molar-refractivity contribution in [1.29, 1.82) is 5.26 Å². The molecule has 0 atom stereocenters. The molecular formula is C14H17BN2O4. The van der Waals surface area contributed by atoms with Gasteiger partial charge < -0.3 is 14.0 Å². The van der Waals surface area contributed by atoms with Gasteiger partial charge in [-0.2, -0.15) is 5.26 Å². The van der Waals surface area contributed by atoms with Crippen LogP contribution in [0.3, 0.4) is 0 Å². The number of nitriles is 1. The summed E-state index contributed by atoms with van der Waals surface area (Å²) in [6.07, 6.45) is 0. The van der Waals surface area contributed by atoms with Crippen LogP contribution in [0.5, 0.6) is 0 Å². The first-order valence-corrected chi connectivity index (χ1v) is 6.56. The number of pyridine rings is 1. The van der Waals surface area contributed by atoms with Crippen molar-refractivity contribution < 1.29 is 18.8 Å². The van der Waals surface area contributed by atoms with Crippen LogP contribution in [-0.4, -0.2) is 36.4 Å². The van der Waals surface area contributed by atoms with E-state index in [1.54, 1.807) is 6.07 Å². The number of nitrogens with zero attached hydrogens (tertiary/aromatic N) is 2. The van der Waals surface area contributed by atoms with Crippen LogP contribution in [0.25, 0.3) is 0 Å². The molecule has 0 spiro atoms. The Kier molecular flexibility index (Phi) is 3.78. The lowest BCUT2D eigenvalue weighted by atomic mass is 9.83. The Hall–Kier alpha value is -1.91. The lowest BCUT2D eigenvalue weighted by molar-refractivity contribution is 0.00578. The van der Waals surface area contributed by atoms with Crippen molar-refractivity contribution in [3.63, 3.8) is 0 Å². The molecule has 0 radical (unpaired) electrons. The molecule has 2 rings (SSSR count). The van der Waals surface area contributed by atoms with Crippen molar-refractivity contribution in [1.82, 2.24) is 4.98 Å². The largest absolute Gasteiger partial charge is 0.514 e. The summed E-state index contributed by atoms with van der Waals surface area (Å²) in [6.45, 7) is 7.68. The van der Waals surface area contributed by atoms with Crippen molar-refractivity contribution in [3.05, 3.63) is 23.4 Å². The summed E-state index contributed by atoms with van der Waals surface area (Å²) in [7, 11) is 0.532. The molecule has 1 aliphatic heterocycles. The van der Waals surface area contributed by atoms with E-state index in [0.29, 0.717) is 11.2 Å². The second-order valence-corrected chi connectivity index (χ2v) is 5.86. The highest BCUT2D eigenvalue weighted by Gasteiger charge is 2.52. The van der Waals surface area contributed by atoms with Crippen LogP contribution in [0.1, 0.15) is 43.7 Å². The Balaban J connectivity index is 2.42. The Morgan fingerprint density at radius 1 is 1.29 bits per heavy atom. The number of aromatic nitrogens is 1. The molecule has 1 aliphatic rings. The zero-order chi connectivity index (χ0) is 15.8. The number of rotatable bonds is 2. The molecule has 0 unspecified atom stereocenters. The first kappa shape index (κ1) is 15.5. The lowest BCUT2D eigenvalue weighted by Gasteiger charge is -2.32. The fourth-order valence-corrected chi connectivity index (χ4v) is 1.91. The van der Waals surface area contributed by atoms with E-state index >= 15 is 0 Å². The molecule has 0 saturated carbocycles. The molecular weight excluding hydrogens is 271 g/mol. The maximum atomic E-state index is 11.6. The predicted octanol–water partition coefficient (Wildman–Crippen LogP) is 1.04. The Bertz CT molecular complexity index is 606. The van der Waals surface area contributed by atoms with Crippen LogP contribution in [0.4, 0.5) is 0 Å². The number of hydrogen-bond donors (Lipinski definition) is 0. The molecule has 7 heteroatoms. The summed E-state index contributed by atoms with van der Waals surface area (Å²) in [5.41, 5.74) is -0.301. The standard InChI is InChI=1S/C14H17BN2O4/c1-13(2)14(3,4)21-15(20-13)11-7-9(8-16)6-10(17-11)12(18)19-5/h6-7H,1-5H3. The first-order valence-electron chi connectivity index (χ1n) is 6.56. The molecule has 0 amide bonds. The first-order chi connectivity index (χ1) is 9.70. The fraction of sp³-hybridized carbons (Fsp3) is 0.500. The molecule has 1 aromatic heterocycles. The normalized spacial score (nSPS) is 19.1. The second kappa shape index (κ2) is 5.13. The summed E-state index contributed by atoms with van der Waals surface area (Å²) in [6, 6.07) is 4.92. The van der Waals surface area contributed by atoms with Gasteiger partial charge in [0.15, 0.2) is 0 Å². The van der Waals surface area contributed by atoms with E-state index in [1.807, 2.05) is 33.8 Å². The minimum absolute atomic E-state index is 0.0567. The number of methoxy groups -OCH3 is 1. The molecule has 0 aromatic carbocycles. The number of esters is 1. The molecule has 21 heavy (non-hydrogen) atoms. The number of hydrogen-bond acceptors (Lipinski definition) is 6. The van der Waals surface area contributed by atoms with Gasteiger partial charge in [-0.3, -0.25) is 0 Å². The van der Waals surface area contributed by atoms with Crippen LogP contribution in [0.2, 0.25) is 0 Å². The third-order valence-electron chi connectivity index (χ3n) is 3.86. The van der Waals surface area contributed by atoms with Crippen LogP contribution >= 0.6 is 0 Å². The van der Waals surface area contributed by atoms with Gasteiger partial charge in [-0.1, -0.05) is 0 Å². The minimum atomic E-state index is -0.730. The molecule has 6 nitrogen and oxygen atoms in total. The van der Waals surface area contributed by atoms with Crippen molar-refractivity contribution >= 4 is 18.7 Å². The van der Waals surface area contributed by atoms with Crippen LogP contribution < -0.4 is 5.59 Å². The second-order valence-electron chi connectivity index (χ2n) is 5.86. The van der Waals surface area contributed by atoms with Gasteiger partial charge in [0.2, 0.25) is 0 Å². The summed E-state index contributed by atoms with van der Waals surface area (Å²) in [5, 5.41) is 9.08. The zero-order valence-corrected chi connectivity index (χ0v) is 12.8. The van der Waals surface area contributed by atoms with Gasteiger partial charge in [0, 0.05) is 0 Å². The van der Waals surface area contributed by atoms with Gasteiger partial charge >= 0.3 is 13.1 Å². The predicted molar refractivity (Wildman–Crippen MR) is 76.0 cm³/mol. The van der Waals surface area contributed by atoms with E-state index in [0.717, 1.165) is 0 Å². The Morgan fingerprint density at radius 2 is 1.86 bits per heavy atom. The maximum absolute atomic E-state index is 11.6. The van der Waals surface area contributed by atoms with Gasteiger partial charge in [-0.25, -0.2) is 9.78 Å². The molecule has 2 heterocycles. The van der Waals surface area contributed by atoms with E-state index in [1.165, 1.54) is 13.2 Å². The van der Waals surface area contributed by atoms with Crippen molar-refractivity contribution in [3.8, 4) is 6.07 Å². The van der Waals surface area contributed by atoms with E-state index in [4.69, 9.17) is 14.6 Å². The van der Waals surface area contributed by atoms with Gasteiger partial charge in [0.1, 0.15) is 5.69 Å². The van der Waals surface area contributed by atoms with Crippen LogP contribution in [0, 0.1) is 11.3 Å². The number of carbonyl (C=O) groups excluding carboxylic acids is 1. The average molecular weight is 288 g/mol. The fourth-order valence-electron chi connectivity index (χ4n) is 1.91. The molecule has 1 aromatic rings. The average Bonchev–Trinajstić information content (AvgIpc) is 2.66. The van der Waals surface area contributed by atoms with E-state index in [-0.39, 0.29) is 5.69 Å². The maximum Gasteiger partial charge on any atom is 0.514 e. The van der Waals surface area contributed by atoms with Gasteiger partial charge in [-0.15, -0.1) is 0 Å². The highest BCUT2D eigenvalue weighted by molar-refractivity contribution is 6.61. The summed E-state index contributed by atoms with van der Waals surface area (Å²) in [4.78, 5) is 15.8. The van der Waals surface area contributed by atoms with Crippen LogP contribution in [-0.2, 0) is 14.0 Å². The number of carbonyl (C=O) groups is 1. The molecule has 0 bridgehead atoms. The van der Waals surface area contributed by atoms with Crippen molar-refractivity contribution in [2.75, 3.05) is 7.11 Å². The Labute approximate surface area is 124 Å². The Morgan fingerprint density at radius 3 is 2.33 bits per heavy atom. The quantitative estimate of drug-likeness (QED) is 0.597. The highest BCUT2D eigenvalue weighted by atomic mass is 16.7. The van der Waals surface area contributed by atoms with E-state index < -0.39 is 24.3 Å². The third kappa shape index (κ3) is 2.78. The van der Waals surface area contributed by atoms with Gasteiger partial charge in [0.25, 0.3) is 0 Å². The molecule has 0 aliphatic carbocycles. The molecule has 0 N–H and O–H groups in total. The topological polar surface area (TPSA) is 81.4 Å². The summed E-state index contributed by atoms with van der Waals surface area (Å²) < 4.78 is 16.4. The van der Waals surface area contributed by atoms with Crippen molar-refractivity contribution in [2.45, 2.75) is 38.9 Å². The van der Waals surface area contributed by atoms with E-state index in [2.05, 4.69) is 9.72 Å². The van der Waals surface area contributed by atoms with Gasteiger partial charge in [0.05, 0.1) is 35.5 Å². The summed E-state index contributed by atoms with van der Waals surface area (Å²) >= 11 is 0. The summed E-state index contributed by atoms with van der Waals surface area (Å²) in [5.74, 6) is -0.607. The SMILES string of the molecule is COC(=O)c1cc(C#N)cc(B2OC(C)(C)C(C)(C)O2)n1. The number of ether oxygens (including phenoxy) is 1. The molecule has 1 saturated heterocycles. The van der Waals surface area contributed by atoms with Crippen LogP contribution in [0.15, 0.2) is 12.1 Å². The minimum Gasteiger partial charge on any atom is -0.464 e. The molecule has 110 valence electrons.